The van der Waals surface area contributed by atoms with Gasteiger partial charge >= 0.3 is 6.09 Å². The number of aryl methyl sites for hydroxylation is 1. The Morgan fingerprint density at radius 1 is 1.20 bits per heavy atom. The van der Waals surface area contributed by atoms with Crippen molar-refractivity contribution >= 4 is 23.6 Å². The number of carbonyl (C=O) groups is 2. The van der Waals surface area contributed by atoms with Crippen molar-refractivity contribution in [2.24, 2.45) is 17.6 Å². The third-order valence-electron chi connectivity index (χ3n) is 8.38. The largest absolute Gasteiger partial charge is 0.455 e. The van der Waals surface area contributed by atoms with Crippen LogP contribution in [0.4, 0.5) is 4.79 Å². The number of benzene rings is 2. The van der Waals surface area contributed by atoms with Gasteiger partial charge in [-0.3, -0.25) is 4.79 Å². The summed E-state index contributed by atoms with van der Waals surface area (Å²) in [6.07, 6.45) is 5.10. The Bertz CT molecular complexity index is 1180. The molecule has 1 heterocycles. The first-order chi connectivity index (χ1) is 19.2. The number of methoxy groups -OCH3 is 1. The molecule has 1 saturated carbocycles. The molecular weight excluding hydrogens is 530 g/mol. The normalized spacial score (nSPS) is 22.4. The lowest BCUT2D eigenvalue weighted by Gasteiger charge is -2.44. The fourth-order valence-corrected chi connectivity index (χ4v) is 6.36. The van der Waals surface area contributed by atoms with Crippen molar-refractivity contribution in [3.63, 3.8) is 0 Å². The van der Waals surface area contributed by atoms with E-state index in [0.717, 1.165) is 37.7 Å². The summed E-state index contributed by atoms with van der Waals surface area (Å²) in [5.74, 6) is 0.877. The number of likely N-dealkylation sites (tertiary alicyclic amines) is 1. The molecule has 2 aliphatic rings. The van der Waals surface area contributed by atoms with Crippen molar-refractivity contribution in [2.75, 3.05) is 26.7 Å². The molecule has 4 N–H and O–H groups in total. The summed E-state index contributed by atoms with van der Waals surface area (Å²) in [6.45, 7) is 3.52. The topological polar surface area (TPSA) is 114 Å². The minimum Gasteiger partial charge on any atom is -0.455 e. The van der Waals surface area contributed by atoms with E-state index in [4.69, 9.17) is 26.8 Å². The zero-order valence-corrected chi connectivity index (χ0v) is 24.3. The van der Waals surface area contributed by atoms with Crippen LogP contribution in [0.5, 0.6) is 11.5 Å². The van der Waals surface area contributed by atoms with Gasteiger partial charge in [0.05, 0.1) is 17.7 Å². The van der Waals surface area contributed by atoms with E-state index in [9.17, 15) is 14.7 Å². The summed E-state index contributed by atoms with van der Waals surface area (Å²) < 4.78 is 11.1. The Morgan fingerprint density at radius 2 is 2.00 bits per heavy atom. The lowest BCUT2D eigenvalue weighted by molar-refractivity contribution is -0.141. The highest BCUT2D eigenvalue weighted by molar-refractivity contribution is 6.32. The fourth-order valence-electron chi connectivity index (χ4n) is 6.15. The van der Waals surface area contributed by atoms with Crippen LogP contribution in [0, 0.1) is 11.8 Å². The van der Waals surface area contributed by atoms with Gasteiger partial charge in [-0.2, -0.15) is 0 Å². The highest BCUT2D eigenvalue weighted by Crippen LogP contribution is 2.47. The van der Waals surface area contributed by atoms with E-state index in [1.165, 1.54) is 7.11 Å². The molecule has 40 heavy (non-hydrogen) atoms. The maximum absolute atomic E-state index is 13.4. The molecule has 2 fully saturated rings. The molecule has 2 aromatic rings. The number of alkyl carbamates (subject to hydrolysis) is 1. The van der Waals surface area contributed by atoms with Gasteiger partial charge in [0.15, 0.2) is 5.75 Å². The standard InChI is InChI=1S/C31H42ClN3O5/c1-3-21-8-4-10-25(18-21)40-28-26(11-5-12-27(28)32)31(38,15-7-16-34-30(37)39-2)23-9-6-17-35(20-23)29(36)22-13-14-24(33)19-22/h4-5,8,10-12,18,22-24,38H,3,6-7,9,13-17,19-20,33H2,1-2H3,(H,34,37)/t22-,23-,24+,31?/m1/s1. The van der Waals surface area contributed by atoms with Gasteiger partial charge in [0.25, 0.3) is 0 Å². The second kappa shape index (κ2) is 13.7. The minimum atomic E-state index is -1.36. The molecule has 2 amide bonds. The number of nitrogens with zero attached hydrogens (tertiary/aromatic N) is 1. The van der Waals surface area contributed by atoms with Crippen LogP contribution in [-0.2, 0) is 21.6 Å². The number of amides is 2. The molecule has 1 aliphatic carbocycles. The number of halogens is 1. The third-order valence-corrected chi connectivity index (χ3v) is 8.68. The van der Waals surface area contributed by atoms with Crippen molar-refractivity contribution in [3.8, 4) is 11.5 Å². The van der Waals surface area contributed by atoms with Crippen molar-refractivity contribution in [2.45, 2.75) is 69.9 Å². The number of ether oxygens (including phenoxy) is 2. The molecule has 0 bridgehead atoms. The minimum absolute atomic E-state index is 0.0537. The monoisotopic (exact) mass is 571 g/mol. The van der Waals surface area contributed by atoms with E-state index in [1.807, 2.05) is 41.3 Å². The lowest BCUT2D eigenvalue weighted by atomic mass is 9.73. The molecule has 0 spiro atoms. The van der Waals surface area contributed by atoms with Crippen LogP contribution in [0.25, 0.3) is 0 Å². The van der Waals surface area contributed by atoms with Crippen LogP contribution in [-0.4, -0.2) is 54.8 Å². The average molecular weight is 572 g/mol. The molecule has 218 valence electrons. The van der Waals surface area contributed by atoms with Crippen molar-refractivity contribution in [3.05, 3.63) is 58.6 Å². The van der Waals surface area contributed by atoms with Gasteiger partial charge in [0.2, 0.25) is 5.91 Å². The molecule has 8 nitrogen and oxygen atoms in total. The van der Waals surface area contributed by atoms with Gasteiger partial charge in [-0.15, -0.1) is 0 Å². The molecule has 1 unspecified atom stereocenters. The van der Waals surface area contributed by atoms with Crippen LogP contribution in [0.1, 0.15) is 63.0 Å². The maximum atomic E-state index is 13.4. The fraction of sp³-hybridized carbons (Fsp3) is 0.548. The van der Waals surface area contributed by atoms with Crippen LogP contribution in [0.15, 0.2) is 42.5 Å². The van der Waals surface area contributed by atoms with E-state index < -0.39 is 11.7 Å². The van der Waals surface area contributed by atoms with E-state index in [2.05, 4.69) is 12.2 Å². The van der Waals surface area contributed by atoms with Crippen molar-refractivity contribution in [1.82, 2.24) is 10.2 Å². The number of para-hydroxylation sites is 1. The van der Waals surface area contributed by atoms with Crippen LogP contribution in [0.2, 0.25) is 5.02 Å². The molecule has 9 heteroatoms. The SMILES string of the molecule is CCc1cccc(Oc2c(Cl)cccc2C(O)(CCCNC(=O)OC)[C@@H]2CCCN(C(=O)[C@@H]3CC[C@H](N)C3)C2)c1. The maximum Gasteiger partial charge on any atom is 0.406 e. The van der Waals surface area contributed by atoms with Crippen molar-refractivity contribution < 1.29 is 24.2 Å². The molecule has 2 aromatic carbocycles. The van der Waals surface area contributed by atoms with E-state index in [0.29, 0.717) is 61.0 Å². The number of hydrogen-bond acceptors (Lipinski definition) is 6. The molecule has 4 rings (SSSR count). The second-order valence-electron chi connectivity index (χ2n) is 11.1. The molecule has 0 radical (unpaired) electrons. The predicted molar refractivity (Wildman–Crippen MR) is 156 cm³/mol. The number of nitrogens with two attached hydrogens (primary N) is 1. The van der Waals surface area contributed by atoms with Crippen LogP contribution >= 0.6 is 11.6 Å². The second-order valence-corrected chi connectivity index (χ2v) is 11.5. The third kappa shape index (κ3) is 7.09. The number of piperidine rings is 1. The van der Waals surface area contributed by atoms with Gasteiger partial charge < -0.3 is 30.5 Å². The first-order valence-electron chi connectivity index (χ1n) is 14.4. The average Bonchev–Trinajstić information content (AvgIpc) is 3.42. The first kappa shape index (κ1) is 30.2. The first-order valence-corrected chi connectivity index (χ1v) is 14.8. The Morgan fingerprint density at radius 3 is 2.73 bits per heavy atom. The lowest BCUT2D eigenvalue weighted by Crippen LogP contribution is -2.49. The molecule has 0 aromatic heterocycles. The molecule has 1 saturated heterocycles. The van der Waals surface area contributed by atoms with E-state index in [1.54, 1.807) is 6.07 Å². The highest BCUT2D eigenvalue weighted by Gasteiger charge is 2.44. The number of nitrogens with one attached hydrogen (secondary N) is 1. The Hall–Kier alpha value is -2.81. The summed E-state index contributed by atoms with van der Waals surface area (Å²) in [4.78, 5) is 27.0. The van der Waals surface area contributed by atoms with Gasteiger partial charge in [0.1, 0.15) is 5.75 Å². The number of hydrogen-bond donors (Lipinski definition) is 3. The summed E-state index contributed by atoms with van der Waals surface area (Å²) >= 11 is 6.71. The quantitative estimate of drug-likeness (QED) is 0.330. The molecule has 4 atom stereocenters. The van der Waals surface area contributed by atoms with E-state index >= 15 is 0 Å². The van der Waals surface area contributed by atoms with Gasteiger partial charge in [0, 0.05) is 43.1 Å². The Labute approximate surface area is 242 Å². The van der Waals surface area contributed by atoms with Gasteiger partial charge in [-0.05, 0) is 75.1 Å². The van der Waals surface area contributed by atoms with Crippen LogP contribution in [0.3, 0.4) is 0 Å². The van der Waals surface area contributed by atoms with Crippen molar-refractivity contribution in [1.29, 1.82) is 0 Å². The predicted octanol–water partition coefficient (Wildman–Crippen LogP) is 5.38. The highest BCUT2D eigenvalue weighted by atomic mass is 35.5. The van der Waals surface area contributed by atoms with Gasteiger partial charge in [-0.1, -0.05) is 42.8 Å². The number of carbonyl (C=O) groups excluding carboxylic acids is 2. The number of aliphatic hydroxyl groups is 1. The zero-order valence-electron chi connectivity index (χ0n) is 23.5. The van der Waals surface area contributed by atoms with Crippen LogP contribution < -0.4 is 15.8 Å². The zero-order chi connectivity index (χ0) is 28.7. The summed E-state index contributed by atoms with van der Waals surface area (Å²) in [5.41, 5.74) is 6.46. The summed E-state index contributed by atoms with van der Waals surface area (Å²) in [6, 6.07) is 13.3. The number of rotatable bonds is 10. The summed E-state index contributed by atoms with van der Waals surface area (Å²) in [5, 5.41) is 15.7. The van der Waals surface area contributed by atoms with Gasteiger partial charge in [-0.25, -0.2) is 4.79 Å². The summed E-state index contributed by atoms with van der Waals surface area (Å²) in [7, 11) is 1.32. The Kier molecular flexibility index (Phi) is 10.3. The van der Waals surface area contributed by atoms with E-state index in [-0.39, 0.29) is 23.8 Å². The smallest absolute Gasteiger partial charge is 0.406 e. The molecule has 1 aliphatic heterocycles. The molecular formula is C31H42ClN3O5. The Balaban J connectivity index is 1.64.